The number of carbonyl (C=O) groups excluding carboxylic acids is 1. The van der Waals surface area contributed by atoms with E-state index in [1.165, 1.54) is 12.1 Å². The van der Waals surface area contributed by atoms with E-state index in [9.17, 15) is 9.18 Å². The van der Waals surface area contributed by atoms with Crippen LogP contribution < -0.4 is 10.1 Å². The quantitative estimate of drug-likeness (QED) is 0.862. The molecule has 1 heterocycles. The van der Waals surface area contributed by atoms with E-state index in [1.807, 2.05) is 29.2 Å². The van der Waals surface area contributed by atoms with Gasteiger partial charge in [-0.05, 0) is 23.8 Å². The SMILES string of the molecule is COc1ccccc1CNC(=O)[C@@H](c1cccc(F)c1)N1CCOCC1. The summed E-state index contributed by atoms with van der Waals surface area (Å²) in [5, 5.41) is 2.97. The number of methoxy groups -OCH3 is 1. The molecule has 2 aromatic carbocycles. The third-order valence-corrected chi connectivity index (χ3v) is 4.47. The Morgan fingerprint density at radius 3 is 2.73 bits per heavy atom. The van der Waals surface area contributed by atoms with Crippen LogP contribution in [0.25, 0.3) is 0 Å². The molecule has 3 rings (SSSR count). The Morgan fingerprint density at radius 1 is 1.23 bits per heavy atom. The van der Waals surface area contributed by atoms with Gasteiger partial charge in [-0.1, -0.05) is 30.3 Å². The van der Waals surface area contributed by atoms with Gasteiger partial charge in [-0.25, -0.2) is 4.39 Å². The normalized spacial score (nSPS) is 16.1. The van der Waals surface area contributed by atoms with Crippen LogP contribution in [0, 0.1) is 5.82 Å². The number of hydrogen-bond acceptors (Lipinski definition) is 4. The van der Waals surface area contributed by atoms with Crippen LogP contribution in [0.5, 0.6) is 5.75 Å². The molecule has 1 aliphatic heterocycles. The highest BCUT2D eigenvalue weighted by atomic mass is 19.1. The first-order valence-corrected chi connectivity index (χ1v) is 8.66. The van der Waals surface area contributed by atoms with Crippen molar-refractivity contribution in [3.8, 4) is 5.75 Å². The van der Waals surface area contributed by atoms with Crippen molar-refractivity contribution in [3.05, 3.63) is 65.5 Å². The van der Waals surface area contributed by atoms with Crippen LogP contribution in [-0.4, -0.2) is 44.2 Å². The number of carbonyl (C=O) groups is 1. The highest BCUT2D eigenvalue weighted by molar-refractivity contribution is 5.83. The van der Waals surface area contributed by atoms with Gasteiger partial charge in [0.25, 0.3) is 0 Å². The maximum absolute atomic E-state index is 13.7. The summed E-state index contributed by atoms with van der Waals surface area (Å²) in [4.78, 5) is 15.0. The van der Waals surface area contributed by atoms with Crippen molar-refractivity contribution in [1.82, 2.24) is 10.2 Å². The van der Waals surface area contributed by atoms with Gasteiger partial charge in [-0.3, -0.25) is 9.69 Å². The van der Waals surface area contributed by atoms with Crippen LogP contribution in [0.1, 0.15) is 17.2 Å². The molecule has 0 bridgehead atoms. The van der Waals surface area contributed by atoms with E-state index in [1.54, 1.807) is 19.2 Å². The zero-order valence-electron chi connectivity index (χ0n) is 14.8. The number of ether oxygens (including phenoxy) is 2. The van der Waals surface area contributed by atoms with Crippen LogP contribution in [0.15, 0.2) is 48.5 Å². The second-order valence-electron chi connectivity index (χ2n) is 6.14. The molecule has 0 saturated carbocycles. The van der Waals surface area contributed by atoms with Crippen LogP contribution in [-0.2, 0) is 16.1 Å². The molecule has 1 atom stereocenters. The molecule has 26 heavy (non-hydrogen) atoms. The summed E-state index contributed by atoms with van der Waals surface area (Å²) in [5.74, 6) is 0.211. The van der Waals surface area contributed by atoms with Crippen LogP contribution in [0.3, 0.4) is 0 Å². The van der Waals surface area contributed by atoms with Crippen LogP contribution in [0.2, 0.25) is 0 Å². The van der Waals surface area contributed by atoms with Crippen molar-refractivity contribution >= 4 is 5.91 Å². The molecule has 0 radical (unpaired) electrons. The van der Waals surface area contributed by atoms with Gasteiger partial charge in [0.05, 0.1) is 20.3 Å². The maximum atomic E-state index is 13.7. The molecule has 1 fully saturated rings. The van der Waals surface area contributed by atoms with Gasteiger partial charge in [0.15, 0.2) is 0 Å². The second-order valence-corrected chi connectivity index (χ2v) is 6.14. The molecule has 1 N–H and O–H groups in total. The number of rotatable bonds is 6. The van der Waals surface area contributed by atoms with Crippen molar-refractivity contribution in [2.45, 2.75) is 12.6 Å². The Hall–Kier alpha value is -2.44. The van der Waals surface area contributed by atoms with Gasteiger partial charge in [-0.2, -0.15) is 0 Å². The topological polar surface area (TPSA) is 50.8 Å². The number of halogens is 1. The summed E-state index contributed by atoms with van der Waals surface area (Å²) < 4.78 is 24.4. The van der Waals surface area contributed by atoms with Gasteiger partial charge in [0, 0.05) is 25.2 Å². The minimum Gasteiger partial charge on any atom is -0.496 e. The zero-order chi connectivity index (χ0) is 18.4. The van der Waals surface area contributed by atoms with Gasteiger partial charge < -0.3 is 14.8 Å². The predicted octanol–water partition coefficient (Wildman–Crippen LogP) is 2.52. The molecule has 0 unspecified atom stereocenters. The molecule has 138 valence electrons. The fraction of sp³-hybridized carbons (Fsp3) is 0.350. The third-order valence-electron chi connectivity index (χ3n) is 4.47. The third kappa shape index (κ3) is 4.39. The fourth-order valence-corrected chi connectivity index (χ4v) is 3.17. The molecule has 1 saturated heterocycles. The summed E-state index contributed by atoms with van der Waals surface area (Å²) in [7, 11) is 1.60. The number of benzene rings is 2. The predicted molar refractivity (Wildman–Crippen MR) is 96.4 cm³/mol. The first kappa shape index (κ1) is 18.4. The molecule has 5 nitrogen and oxygen atoms in total. The molecular weight excluding hydrogens is 335 g/mol. The monoisotopic (exact) mass is 358 g/mol. The number of nitrogens with zero attached hydrogens (tertiary/aromatic N) is 1. The van der Waals surface area contributed by atoms with Crippen molar-refractivity contribution in [1.29, 1.82) is 0 Å². The number of para-hydroxylation sites is 1. The summed E-state index contributed by atoms with van der Waals surface area (Å²) in [6.07, 6.45) is 0. The average molecular weight is 358 g/mol. The first-order valence-electron chi connectivity index (χ1n) is 8.66. The van der Waals surface area contributed by atoms with Gasteiger partial charge in [0.2, 0.25) is 5.91 Å². The second kappa shape index (κ2) is 8.78. The molecule has 0 spiro atoms. The van der Waals surface area contributed by atoms with Gasteiger partial charge in [0.1, 0.15) is 17.6 Å². The standard InChI is InChI=1S/C20H23FN2O3/c1-25-18-8-3-2-5-16(18)14-22-20(24)19(23-9-11-26-12-10-23)15-6-4-7-17(21)13-15/h2-8,13,19H,9-12,14H2,1H3,(H,22,24)/t19-/m1/s1. The molecule has 1 amide bonds. The van der Waals surface area contributed by atoms with E-state index in [0.29, 0.717) is 38.4 Å². The Labute approximate surface area is 152 Å². The zero-order valence-corrected chi connectivity index (χ0v) is 14.8. The smallest absolute Gasteiger partial charge is 0.242 e. The Kier molecular flexibility index (Phi) is 6.20. The molecule has 2 aromatic rings. The van der Waals surface area contributed by atoms with Crippen LogP contribution in [0.4, 0.5) is 4.39 Å². The summed E-state index contributed by atoms with van der Waals surface area (Å²) >= 11 is 0. The van der Waals surface area contributed by atoms with Crippen molar-refractivity contribution < 1.29 is 18.7 Å². The fourth-order valence-electron chi connectivity index (χ4n) is 3.17. The molecular formula is C20H23FN2O3. The van der Waals surface area contributed by atoms with Gasteiger partial charge in [-0.15, -0.1) is 0 Å². The lowest BCUT2D eigenvalue weighted by atomic mass is 10.0. The van der Waals surface area contributed by atoms with E-state index >= 15 is 0 Å². The maximum Gasteiger partial charge on any atom is 0.242 e. The van der Waals surface area contributed by atoms with Crippen molar-refractivity contribution in [2.24, 2.45) is 0 Å². The van der Waals surface area contributed by atoms with Crippen LogP contribution >= 0.6 is 0 Å². The number of amides is 1. The number of hydrogen-bond donors (Lipinski definition) is 1. The molecule has 0 aromatic heterocycles. The van der Waals surface area contributed by atoms with E-state index < -0.39 is 6.04 Å². The van der Waals surface area contributed by atoms with E-state index in [0.717, 1.165) is 11.3 Å². The first-order chi connectivity index (χ1) is 12.7. The lowest BCUT2D eigenvalue weighted by Crippen LogP contribution is -2.45. The van der Waals surface area contributed by atoms with E-state index in [2.05, 4.69) is 5.32 Å². The summed E-state index contributed by atoms with van der Waals surface area (Å²) in [6, 6.07) is 13.2. The Balaban J connectivity index is 1.78. The van der Waals surface area contributed by atoms with Crippen molar-refractivity contribution in [3.63, 3.8) is 0 Å². The Bertz CT molecular complexity index is 747. The lowest BCUT2D eigenvalue weighted by molar-refractivity contribution is -0.128. The average Bonchev–Trinajstić information content (AvgIpc) is 2.68. The van der Waals surface area contributed by atoms with Crippen molar-refractivity contribution in [2.75, 3.05) is 33.4 Å². The number of morpholine rings is 1. The largest absolute Gasteiger partial charge is 0.496 e. The lowest BCUT2D eigenvalue weighted by Gasteiger charge is -2.33. The summed E-state index contributed by atoms with van der Waals surface area (Å²) in [5.41, 5.74) is 1.53. The van der Waals surface area contributed by atoms with E-state index in [-0.39, 0.29) is 11.7 Å². The highest BCUT2D eigenvalue weighted by Crippen LogP contribution is 2.24. The molecule has 0 aliphatic carbocycles. The minimum absolute atomic E-state index is 0.164. The highest BCUT2D eigenvalue weighted by Gasteiger charge is 2.29. The summed E-state index contributed by atoms with van der Waals surface area (Å²) in [6.45, 7) is 2.72. The number of nitrogens with one attached hydrogen (secondary N) is 1. The van der Waals surface area contributed by atoms with E-state index in [4.69, 9.17) is 9.47 Å². The molecule has 1 aliphatic rings. The minimum atomic E-state index is -0.552. The van der Waals surface area contributed by atoms with Gasteiger partial charge >= 0.3 is 0 Å². The Morgan fingerprint density at radius 2 is 2.00 bits per heavy atom. The molecule has 6 heteroatoms.